The Morgan fingerprint density at radius 1 is 1.33 bits per heavy atom. The predicted molar refractivity (Wildman–Crippen MR) is 67.1 cm³/mol. The number of carbonyl (C=O) groups excluding carboxylic acids is 2. The maximum atomic E-state index is 11.6. The molecule has 5 heteroatoms. The predicted octanol–water partition coefficient (Wildman–Crippen LogP) is 2.10. The van der Waals surface area contributed by atoms with E-state index in [1.54, 1.807) is 20.8 Å². The number of esters is 1. The van der Waals surface area contributed by atoms with Crippen molar-refractivity contribution in [3.05, 3.63) is 0 Å². The van der Waals surface area contributed by atoms with Crippen molar-refractivity contribution in [2.24, 2.45) is 11.8 Å². The molecule has 0 aromatic carbocycles. The third kappa shape index (κ3) is 5.89. The third-order valence-corrected chi connectivity index (χ3v) is 2.74. The molecule has 104 valence electrons. The highest BCUT2D eigenvalue weighted by atomic mass is 16.6. The first-order valence-electron chi connectivity index (χ1n) is 6.36. The molecule has 5 nitrogen and oxygen atoms in total. The van der Waals surface area contributed by atoms with E-state index in [1.165, 1.54) is 20.0 Å². The molecule has 0 unspecified atom stereocenters. The lowest BCUT2D eigenvalue weighted by atomic mass is 10.0. The van der Waals surface area contributed by atoms with Crippen molar-refractivity contribution in [1.29, 1.82) is 0 Å². The van der Waals surface area contributed by atoms with Crippen LogP contribution in [0.5, 0.6) is 0 Å². The molecular formula is C13H23NO4. The van der Waals surface area contributed by atoms with Gasteiger partial charge >= 0.3 is 12.1 Å². The maximum absolute atomic E-state index is 11.6. The van der Waals surface area contributed by atoms with Gasteiger partial charge < -0.3 is 14.8 Å². The summed E-state index contributed by atoms with van der Waals surface area (Å²) < 4.78 is 9.86. The number of amides is 1. The lowest BCUT2D eigenvalue weighted by Crippen LogP contribution is -2.37. The minimum Gasteiger partial charge on any atom is -0.469 e. The average Bonchev–Trinajstić information content (AvgIpc) is 3.04. The zero-order chi connectivity index (χ0) is 13.8. The first-order chi connectivity index (χ1) is 8.31. The Bertz CT molecular complexity index is 305. The standard InChI is InChI=1S/C13H23NO4/c1-13(2,3)18-12(16)14-8-10(11(15)17-4)7-9-5-6-9/h9-10H,5-8H2,1-4H3,(H,14,16)/t10-/m0/s1. The zero-order valence-electron chi connectivity index (χ0n) is 11.6. The molecule has 0 heterocycles. The van der Waals surface area contributed by atoms with E-state index in [9.17, 15) is 9.59 Å². The van der Waals surface area contributed by atoms with Crippen molar-refractivity contribution >= 4 is 12.1 Å². The lowest BCUT2D eigenvalue weighted by Gasteiger charge is -2.21. The molecule has 0 spiro atoms. The Morgan fingerprint density at radius 2 is 1.94 bits per heavy atom. The van der Waals surface area contributed by atoms with Gasteiger partial charge in [-0.15, -0.1) is 0 Å². The number of nitrogens with one attached hydrogen (secondary N) is 1. The zero-order valence-corrected chi connectivity index (χ0v) is 11.6. The Labute approximate surface area is 108 Å². The second-order valence-corrected chi connectivity index (χ2v) is 5.78. The Kier molecular flexibility index (Phi) is 4.99. The average molecular weight is 257 g/mol. The molecule has 0 bridgehead atoms. The summed E-state index contributed by atoms with van der Waals surface area (Å²) in [5.41, 5.74) is -0.526. The van der Waals surface area contributed by atoms with Gasteiger partial charge in [-0.25, -0.2) is 4.79 Å². The van der Waals surface area contributed by atoms with Crippen LogP contribution in [0.3, 0.4) is 0 Å². The summed E-state index contributed by atoms with van der Waals surface area (Å²) in [5, 5.41) is 2.63. The number of hydrogen-bond acceptors (Lipinski definition) is 4. The molecule has 1 saturated carbocycles. The van der Waals surface area contributed by atoms with E-state index in [1.807, 2.05) is 0 Å². The van der Waals surface area contributed by atoms with Crippen LogP contribution >= 0.6 is 0 Å². The number of alkyl carbamates (subject to hydrolysis) is 1. The highest BCUT2D eigenvalue weighted by Crippen LogP contribution is 2.35. The van der Waals surface area contributed by atoms with Crippen LogP contribution in [0.4, 0.5) is 4.79 Å². The molecule has 18 heavy (non-hydrogen) atoms. The fourth-order valence-electron chi connectivity index (χ4n) is 1.71. The lowest BCUT2D eigenvalue weighted by molar-refractivity contribution is -0.145. The van der Waals surface area contributed by atoms with Gasteiger partial charge in [-0.05, 0) is 33.1 Å². The number of carbonyl (C=O) groups is 2. The van der Waals surface area contributed by atoms with E-state index in [0.717, 1.165) is 6.42 Å². The van der Waals surface area contributed by atoms with Crippen molar-refractivity contribution in [1.82, 2.24) is 5.32 Å². The van der Waals surface area contributed by atoms with Crippen LogP contribution < -0.4 is 5.32 Å². The van der Waals surface area contributed by atoms with Crippen LogP contribution in [0.1, 0.15) is 40.0 Å². The summed E-state index contributed by atoms with van der Waals surface area (Å²) >= 11 is 0. The van der Waals surface area contributed by atoms with E-state index in [-0.39, 0.29) is 18.4 Å². The topological polar surface area (TPSA) is 64.6 Å². The first-order valence-corrected chi connectivity index (χ1v) is 6.36. The normalized spacial score (nSPS) is 16.9. The van der Waals surface area contributed by atoms with Gasteiger partial charge in [0.2, 0.25) is 0 Å². The van der Waals surface area contributed by atoms with E-state index >= 15 is 0 Å². The maximum Gasteiger partial charge on any atom is 0.407 e. The summed E-state index contributed by atoms with van der Waals surface area (Å²) in [4.78, 5) is 23.0. The van der Waals surface area contributed by atoms with Crippen molar-refractivity contribution in [3.8, 4) is 0 Å². The Morgan fingerprint density at radius 3 is 2.39 bits per heavy atom. The van der Waals surface area contributed by atoms with E-state index < -0.39 is 11.7 Å². The molecular weight excluding hydrogens is 234 g/mol. The van der Waals surface area contributed by atoms with E-state index in [2.05, 4.69) is 5.32 Å². The molecule has 0 aliphatic heterocycles. The molecule has 1 aliphatic rings. The van der Waals surface area contributed by atoms with Crippen LogP contribution in [-0.4, -0.2) is 31.3 Å². The van der Waals surface area contributed by atoms with E-state index in [0.29, 0.717) is 5.92 Å². The Hall–Kier alpha value is -1.26. The van der Waals surface area contributed by atoms with Gasteiger partial charge in [0.1, 0.15) is 5.60 Å². The second-order valence-electron chi connectivity index (χ2n) is 5.78. The van der Waals surface area contributed by atoms with Crippen LogP contribution in [0, 0.1) is 11.8 Å². The summed E-state index contributed by atoms with van der Waals surface area (Å²) in [6, 6.07) is 0. The molecule has 1 amide bonds. The highest BCUT2D eigenvalue weighted by molar-refractivity contribution is 5.74. The van der Waals surface area contributed by atoms with Gasteiger partial charge in [-0.1, -0.05) is 12.8 Å². The number of hydrogen-bond donors (Lipinski definition) is 1. The monoisotopic (exact) mass is 257 g/mol. The van der Waals surface area contributed by atoms with Crippen LogP contribution in [0.15, 0.2) is 0 Å². The van der Waals surface area contributed by atoms with Crippen LogP contribution in [-0.2, 0) is 14.3 Å². The smallest absolute Gasteiger partial charge is 0.407 e. The minimum atomic E-state index is -0.526. The SMILES string of the molecule is COC(=O)[C@H](CNC(=O)OC(C)(C)C)CC1CC1. The second kappa shape index (κ2) is 6.07. The van der Waals surface area contributed by atoms with Gasteiger partial charge in [0.15, 0.2) is 0 Å². The molecule has 0 radical (unpaired) electrons. The molecule has 1 aliphatic carbocycles. The fraction of sp³-hybridized carbons (Fsp3) is 0.846. The first kappa shape index (κ1) is 14.8. The molecule has 1 rings (SSSR count). The molecule has 0 aromatic heterocycles. The molecule has 0 saturated heterocycles. The largest absolute Gasteiger partial charge is 0.469 e. The number of rotatable bonds is 5. The number of methoxy groups -OCH3 is 1. The molecule has 1 fully saturated rings. The van der Waals surface area contributed by atoms with Crippen molar-refractivity contribution in [3.63, 3.8) is 0 Å². The summed E-state index contributed by atoms with van der Waals surface area (Å²) in [7, 11) is 1.37. The fourth-order valence-corrected chi connectivity index (χ4v) is 1.71. The molecule has 0 aromatic rings. The summed E-state index contributed by atoms with van der Waals surface area (Å²) in [6.07, 6.45) is 2.62. The van der Waals surface area contributed by atoms with Crippen molar-refractivity contribution < 1.29 is 19.1 Å². The summed E-state index contributed by atoms with van der Waals surface area (Å²) in [5.74, 6) is 0.0718. The van der Waals surface area contributed by atoms with Gasteiger partial charge in [0, 0.05) is 6.54 Å². The van der Waals surface area contributed by atoms with Crippen LogP contribution in [0.25, 0.3) is 0 Å². The van der Waals surface area contributed by atoms with Gasteiger partial charge in [0.05, 0.1) is 13.0 Å². The quantitative estimate of drug-likeness (QED) is 0.766. The van der Waals surface area contributed by atoms with Crippen molar-refractivity contribution in [2.45, 2.75) is 45.6 Å². The number of ether oxygens (including phenoxy) is 2. The molecule has 1 atom stereocenters. The highest BCUT2D eigenvalue weighted by Gasteiger charge is 2.30. The Balaban J connectivity index is 2.36. The van der Waals surface area contributed by atoms with Gasteiger partial charge in [-0.2, -0.15) is 0 Å². The van der Waals surface area contributed by atoms with Crippen molar-refractivity contribution in [2.75, 3.05) is 13.7 Å². The minimum absolute atomic E-state index is 0.266. The van der Waals surface area contributed by atoms with Gasteiger partial charge in [0.25, 0.3) is 0 Å². The van der Waals surface area contributed by atoms with E-state index in [4.69, 9.17) is 9.47 Å². The summed E-state index contributed by atoms with van der Waals surface area (Å²) in [6.45, 7) is 5.68. The van der Waals surface area contributed by atoms with Crippen LogP contribution in [0.2, 0.25) is 0 Å². The third-order valence-electron chi connectivity index (χ3n) is 2.74. The molecule has 1 N–H and O–H groups in total. The van der Waals surface area contributed by atoms with Gasteiger partial charge in [-0.3, -0.25) is 4.79 Å².